The van der Waals surface area contributed by atoms with Crippen LogP contribution in [0.25, 0.3) is 0 Å². The minimum Gasteiger partial charge on any atom is -0.328 e. The number of rotatable bonds is 5. The Bertz CT molecular complexity index is 573. The van der Waals surface area contributed by atoms with Gasteiger partial charge in [0.15, 0.2) is 0 Å². The molecular formula is C21H28N2. The van der Waals surface area contributed by atoms with Crippen molar-refractivity contribution in [2.24, 2.45) is 11.7 Å². The molecule has 1 aliphatic carbocycles. The van der Waals surface area contributed by atoms with Crippen LogP contribution in [0.4, 0.5) is 0 Å². The summed E-state index contributed by atoms with van der Waals surface area (Å²) >= 11 is 0. The molecule has 0 spiro atoms. The number of nitrogens with two attached hydrogens (primary N) is 1. The van der Waals surface area contributed by atoms with E-state index in [-0.39, 0.29) is 0 Å². The third-order valence-electron chi connectivity index (χ3n) is 5.15. The van der Waals surface area contributed by atoms with E-state index >= 15 is 0 Å². The van der Waals surface area contributed by atoms with Crippen molar-refractivity contribution in [1.29, 1.82) is 0 Å². The van der Waals surface area contributed by atoms with Crippen LogP contribution in [0.1, 0.15) is 42.9 Å². The molecule has 0 aliphatic heterocycles. The van der Waals surface area contributed by atoms with Crippen molar-refractivity contribution >= 4 is 0 Å². The monoisotopic (exact) mass is 308 g/mol. The predicted molar refractivity (Wildman–Crippen MR) is 97.0 cm³/mol. The molecule has 23 heavy (non-hydrogen) atoms. The molecule has 0 aromatic heterocycles. The van der Waals surface area contributed by atoms with Crippen LogP contribution in [0.5, 0.6) is 0 Å². The molecule has 1 unspecified atom stereocenters. The second-order valence-corrected chi connectivity index (χ2v) is 6.93. The van der Waals surface area contributed by atoms with Gasteiger partial charge < -0.3 is 5.73 Å². The van der Waals surface area contributed by atoms with Gasteiger partial charge in [-0.1, -0.05) is 60.7 Å². The summed E-state index contributed by atoms with van der Waals surface area (Å²) in [4.78, 5) is 2.52. The normalized spacial score (nSPS) is 22.9. The number of nitrogens with zero attached hydrogens (tertiary/aromatic N) is 1. The molecule has 1 saturated carbocycles. The zero-order chi connectivity index (χ0) is 16.1. The van der Waals surface area contributed by atoms with Gasteiger partial charge in [-0.3, -0.25) is 4.90 Å². The van der Waals surface area contributed by atoms with Gasteiger partial charge in [-0.05, 0) is 49.8 Å². The zero-order valence-electron chi connectivity index (χ0n) is 14.1. The van der Waals surface area contributed by atoms with Crippen LogP contribution in [-0.2, 0) is 6.54 Å². The maximum absolute atomic E-state index is 6.12. The fraction of sp³-hybridized carbons (Fsp3) is 0.429. The first-order chi connectivity index (χ1) is 11.2. The van der Waals surface area contributed by atoms with E-state index in [1.165, 1.54) is 24.0 Å². The lowest BCUT2D eigenvalue weighted by Gasteiger charge is -2.38. The Morgan fingerprint density at radius 3 is 2.09 bits per heavy atom. The fourth-order valence-electron chi connectivity index (χ4n) is 3.97. The summed E-state index contributed by atoms with van der Waals surface area (Å²) in [5.41, 5.74) is 8.94. The van der Waals surface area contributed by atoms with Crippen molar-refractivity contribution in [2.45, 2.75) is 44.3 Å². The summed E-state index contributed by atoms with van der Waals surface area (Å²) in [5.74, 6) is 0.700. The first-order valence-corrected chi connectivity index (χ1v) is 8.78. The minimum atomic E-state index is 0.405. The highest BCUT2D eigenvalue weighted by Gasteiger charge is 2.30. The molecular weight excluding hydrogens is 280 g/mol. The first kappa shape index (κ1) is 16.2. The van der Waals surface area contributed by atoms with Crippen LogP contribution in [-0.4, -0.2) is 18.0 Å². The van der Waals surface area contributed by atoms with E-state index in [0.717, 1.165) is 19.4 Å². The standard InChI is InChI=1S/C21H28N2/c1-23(16-17-8-4-2-5-9-17)21(18-10-6-3-7-11-18)19-12-14-20(22)15-13-19/h2-11,19-21H,12-16,22H2,1H3. The summed E-state index contributed by atoms with van der Waals surface area (Å²) in [6.07, 6.45) is 4.79. The fourth-order valence-corrected chi connectivity index (χ4v) is 3.97. The molecule has 1 aliphatic rings. The van der Waals surface area contributed by atoms with Crippen molar-refractivity contribution < 1.29 is 0 Å². The smallest absolute Gasteiger partial charge is 0.0376 e. The van der Waals surface area contributed by atoms with Gasteiger partial charge in [-0.15, -0.1) is 0 Å². The molecule has 122 valence electrons. The van der Waals surface area contributed by atoms with E-state index in [1.807, 2.05) is 0 Å². The molecule has 0 bridgehead atoms. The third-order valence-corrected chi connectivity index (χ3v) is 5.15. The van der Waals surface area contributed by atoms with Crippen LogP contribution >= 0.6 is 0 Å². The minimum absolute atomic E-state index is 0.405. The topological polar surface area (TPSA) is 29.3 Å². The Hall–Kier alpha value is -1.64. The number of hydrogen-bond acceptors (Lipinski definition) is 2. The molecule has 2 nitrogen and oxygen atoms in total. The number of hydrogen-bond donors (Lipinski definition) is 1. The maximum atomic E-state index is 6.12. The molecule has 0 heterocycles. The van der Waals surface area contributed by atoms with Crippen LogP contribution in [0, 0.1) is 5.92 Å². The van der Waals surface area contributed by atoms with Crippen molar-refractivity contribution in [3.05, 3.63) is 71.8 Å². The van der Waals surface area contributed by atoms with Gasteiger partial charge in [-0.2, -0.15) is 0 Å². The van der Waals surface area contributed by atoms with Gasteiger partial charge in [0.1, 0.15) is 0 Å². The van der Waals surface area contributed by atoms with Gasteiger partial charge in [0, 0.05) is 18.6 Å². The Kier molecular flexibility index (Phi) is 5.47. The Morgan fingerprint density at radius 2 is 1.48 bits per heavy atom. The van der Waals surface area contributed by atoms with Gasteiger partial charge in [-0.25, -0.2) is 0 Å². The number of benzene rings is 2. The van der Waals surface area contributed by atoms with Gasteiger partial charge in [0.25, 0.3) is 0 Å². The van der Waals surface area contributed by atoms with Gasteiger partial charge >= 0.3 is 0 Å². The lowest BCUT2D eigenvalue weighted by Crippen LogP contribution is -2.35. The molecule has 0 amide bonds. The molecule has 1 atom stereocenters. The molecule has 2 aromatic carbocycles. The summed E-state index contributed by atoms with van der Waals surface area (Å²) in [5, 5.41) is 0. The summed E-state index contributed by atoms with van der Waals surface area (Å²) in [7, 11) is 2.26. The maximum Gasteiger partial charge on any atom is 0.0376 e. The first-order valence-electron chi connectivity index (χ1n) is 8.78. The van der Waals surface area contributed by atoms with Crippen molar-refractivity contribution in [2.75, 3.05) is 7.05 Å². The van der Waals surface area contributed by atoms with Crippen LogP contribution in [0.3, 0.4) is 0 Å². The average Bonchev–Trinajstić information content (AvgIpc) is 2.59. The van der Waals surface area contributed by atoms with Crippen molar-refractivity contribution in [3.63, 3.8) is 0 Å². The zero-order valence-corrected chi connectivity index (χ0v) is 14.1. The highest BCUT2D eigenvalue weighted by atomic mass is 15.1. The highest BCUT2D eigenvalue weighted by Crippen LogP contribution is 2.38. The summed E-state index contributed by atoms with van der Waals surface area (Å²) in [6, 6.07) is 22.6. The van der Waals surface area contributed by atoms with E-state index < -0.39 is 0 Å². The molecule has 1 fully saturated rings. The van der Waals surface area contributed by atoms with Gasteiger partial charge in [0.2, 0.25) is 0 Å². The van der Waals surface area contributed by atoms with E-state index in [1.54, 1.807) is 0 Å². The van der Waals surface area contributed by atoms with Crippen LogP contribution in [0.2, 0.25) is 0 Å². The third kappa shape index (κ3) is 4.21. The van der Waals surface area contributed by atoms with E-state index in [9.17, 15) is 0 Å². The molecule has 0 radical (unpaired) electrons. The van der Waals surface area contributed by atoms with Crippen LogP contribution < -0.4 is 5.73 Å². The summed E-state index contributed by atoms with van der Waals surface area (Å²) < 4.78 is 0. The molecule has 3 rings (SSSR count). The SMILES string of the molecule is CN(Cc1ccccc1)C(c1ccccc1)C1CCC(N)CC1. The molecule has 2 aromatic rings. The lowest BCUT2D eigenvalue weighted by molar-refractivity contribution is 0.133. The Labute approximate surface area is 140 Å². The van der Waals surface area contributed by atoms with E-state index in [2.05, 4.69) is 72.6 Å². The predicted octanol–water partition coefficient (Wildman–Crippen LogP) is 4.38. The van der Waals surface area contributed by atoms with Crippen molar-refractivity contribution in [3.8, 4) is 0 Å². The van der Waals surface area contributed by atoms with Crippen LogP contribution in [0.15, 0.2) is 60.7 Å². The molecule has 0 saturated heterocycles. The van der Waals surface area contributed by atoms with Crippen molar-refractivity contribution in [1.82, 2.24) is 4.90 Å². The second-order valence-electron chi connectivity index (χ2n) is 6.93. The summed E-state index contributed by atoms with van der Waals surface area (Å²) in [6.45, 7) is 0.989. The quantitative estimate of drug-likeness (QED) is 0.888. The Balaban J connectivity index is 1.80. The Morgan fingerprint density at radius 1 is 0.913 bits per heavy atom. The van der Waals surface area contributed by atoms with E-state index in [4.69, 9.17) is 5.73 Å². The second kappa shape index (κ2) is 7.76. The molecule has 2 heteroatoms. The largest absolute Gasteiger partial charge is 0.328 e. The average molecular weight is 308 g/mol. The van der Waals surface area contributed by atoms with Gasteiger partial charge in [0.05, 0.1) is 0 Å². The highest BCUT2D eigenvalue weighted by molar-refractivity contribution is 5.21. The molecule has 2 N–H and O–H groups in total. The lowest BCUT2D eigenvalue weighted by atomic mass is 9.79. The van der Waals surface area contributed by atoms with E-state index in [0.29, 0.717) is 18.0 Å².